The first-order valence-corrected chi connectivity index (χ1v) is 6.11. The molecule has 1 N–H and O–H groups in total. The van der Waals surface area contributed by atoms with Crippen molar-refractivity contribution in [2.24, 2.45) is 5.41 Å². The standard InChI is InChI=1S/C15H18O3/c1-11(2)7-8-15(14(16)17)9-12-5-3-4-6-13(12)18-10-15/h3-7H,8-10H2,1-2H3,(H,16,17). The average molecular weight is 246 g/mol. The summed E-state index contributed by atoms with van der Waals surface area (Å²) in [6.07, 6.45) is 3.02. The molecule has 1 atom stereocenters. The fourth-order valence-corrected chi connectivity index (χ4v) is 2.18. The van der Waals surface area contributed by atoms with Crippen molar-refractivity contribution in [2.75, 3.05) is 6.61 Å². The molecule has 18 heavy (non-hydrogen) atoms. The van der Waals surface area contributed by atoms with Crippen molar-refractivity contribution < 1.29 is 14.6 Å². The summed E-state index contributed by atoms with van der Waals surface area (Å²) < 4.78 is 5.62. The van der Waals surface area contributed by atoms with Crippen LogP contribution in [0.2, 0.25) is 0 Å². The molecule has 0 saturated carbocycles. The smallest absolute Gasteiger partial charge is 0.313 e. The third-order valence-electron chi connectivity index (χ3n) is 3.36. The number of carbonyl (C=O) groups is 1. The Kier molecular flexibility index (Phi) is 3.41. The van der Waals surface area contributed by atoms with Gasteiger partial charge in [0, 0.05) is 0 Å². The van der Waals surface area contributed by atoms with Gasteiger partial charge in [-0.2, -0.15) is 0 Å². The predicted octanol–water partition coefficient (Wildman–Crippen LogP) is 3.05. The molecule has 0 fully saturated rings. The first-order valence-electron chi connectivity index (χ1n) is 6.11. The number of hydrogen-bond acceptors (Lipinski definition) is 2. The second kappa shape index (κ2) is 4.84. The van der Waals surface area contributed by atoms with Crippen LogP contribution < -0.4 is 4.74 Å². The molecule has 1 aromatic carbocycles. The van der Waals surface area contributed by atoms with Crippen LogP contribution in [0.4, 0.5) is 0 Å². The van der Waals surface area contributed by atoms with Gasteiger partial charge in [-0.15, -0.1) is 0 Å². The minimum atomic E-state index is -0.828. The van der Waals surface area contributed by atoms with Crippen LogP contribution in [-0.2, 0) is 11.2 Å². The van der Waals surface area contributed by atoms with Crippen LogP contribution in [0, 0.1) is 5.41 Å². The summed E-state index contributed by atoms with van der Waals surface area (Å²) in [6.45, 7) is 4.20. The average Bonchev–Trinajstić information content (AvgIpc) is 2.36. The number of benzene rings is 1. The van der Waals surface area contributed by atoms with Crippen LogP contribution >= 0.6 is 0 Å². The van der Waals surface area contributed by atoms with E-state index in [0.29, 0.717) is 12.8 Å². The number of carboxylic acid groups (broad SMARTS) is 1. The van der Waals surface area contributed by atoms with Gasteiger partial charge in [0.2, 0.25) is 0 Å². The molecule has 1 aliphatic rings. The van der Waals surface area contributed by atoms with Crippen LogP contribution in [0.1, 0.15) is 25.8 Å². The number of hydrogen-bond donors (Lipinski definition) is 1. The monoisotopic (exact) mass is 246 g/mol. The maximum Gasteiger partial charge on any atom is 0.313 e. The van der Waals surface area contributed by atoms with E-state index < -0.39 is 11.4 Å². The highest BCUT2D eigenvalue weighted by atomic mass is 16.5. The number of aliphatic carboxylic acids is 1. The Bertz CT molecular complexity index is 486. The molecule has 2 rings (SSSR count). The number of ether oxygens (including phenoxy) is 1. The Balaban J connectivity index is 2.30. The van der Waals surface area contributed by atoms with Crippen LogP contribution in [0.5, 0.6) is 5.75 Å². The van der Waals surface area contributed by atoms with Gasteiger partial charge >= 0.3 is 5.97 Å². The van der Waals surface area contributed by atoms with E-state index in [1.165, 1.54) is 0 Å². The van der Waals surface area contributed by atoms with Crippen molar-refractivity contribution >= 4 is 5.97 Å². The molecule has 0 spiro atoms. The fraction of sp³-hybridized carbons (Fsp3) is 0.400. The molecular weight excluding hydrogens is 228 g/mol. The summed E-state index contributed by atoms with van der Waals surface area (Å²) in [7, 11) is 0. The lowest BCUT2D eigenvalue weighted by Gasteiger charge is -2.33. The Morgan fingerprint density at radius 2 is 2.17 bits per heavy atom. The molecule has 0 aliphatic carbocycles. The van der Waals surface area contributed by atoms with Gasteiger partial charge in [0.05, 0.1) is 0 Å². The quantitative estimate of drug-likeness (QED) is 0.834. The first-order chi connectivity index (χ1) is 8.53. The molecule has 1 unspecified atom stereocenters. The van der Waals surface area contributed by atoms with Gasteiger partial charge in [-0.3, -0.25) is 4.79 Å². The van der Waals surface area contributed by atoms with E-state index >= 15 is 0 Å². The summed E-state index contributed by atoms with van der Waals surface area (Å²) >= 11 is 0. The van der Waals surface area contributed by atoms with Crippen molar-refractivity contribution in [2.45, 2.75) is 26.7 Å². The van der Waals surface area contributed by atoms with Crippen molar-refractivity contribution in [1.29, 1.82) is 0 Å². The van der Waals surface area contributed by atoms with E-state index in [4.69, 9.17) is 4.74 Å². The molecule has 0 saturated heterocycles. The Hall–Kier alpha value is -1.77. The Labute approximate surface area is 107 Å². The number of fused-ring (bicyclic) bond motifs is 1. The van der Waals surface area contributed by atoms with E-state index in [1.54, 1.807) is 0 Å². The van der Waals surface area contributed by atoms with Gasteiger partial charge in [0.25, 0.3) is 0 Å². The van der Waals surface area contributed by atoms with Crippen LogP contribution in [0.3, 0.4) is 0 Å². The third kappa shape index (κ3) is 2.40. The lowest BCUT2D eigenvalue weighted by Crippen LogP contribution is -2.41. The van der Waals surface area contributed by atoms with Crippen LogP contribution in [0.25, 0.3) is 0 Å². The number of carboxylic acids is 1. The molecule has 0 radical (unpaired) electrons. The summed E-state index contributed by atoms with van der Waals surface area (Å²) in [4.78, 5) is 11.6. The lowest BCUT2D eigenvalue weighted by atomic mass is 9.77. The van der Waals surface area contributed by atoms with Gasteiger partial charge in [-0.05, 0) is 38.3 Å². The van der Waals surface area contributed by atoms with Crippen LogP contribution in [-0.4, -0.2) is 17.7 Å². The van der Waals surface area contributed by atoms with Gasteiger partial charge in [-0.1, -0.05) is 29.8 Å². The zero-order valence-corrected chi connectivity index (χ0v) is 10.8. The van der Waals surface area contributed by atoms with Gasteiger partial charge in [-0.25, -0.2) is 0 Å². The topological polar surface area (TPSA) is 46.5 Å². The van der Waals surface area contributed by atoms with E-state index in [2.05, 4.69) is 0 Å². The molecule has 1 aromatic rings. The summed E-state index contributed by atoms with van der Waals surface area (Å²) in [5, 5.41) is 9.52. The number of rotatable bonds is 3. The largest absolute Gasteiger partial charge is 0.492 e. The van der Waals surface area contributed by atoms with Crippen molar-refractivity contribution in [1.82, 2.24) is 0 Å². The summed E-state index contributed by atoms with van der Waals surface area (Å²) in [5.74, 6) is 0.0288. The van der Waals surface area contributed by atoms with E-state index in [-0.39, 0.29) is 6.61 Å². The Morgan fingerprint density at radius 1 is 1.44 bits per heavy atom. The molecule has 1 aliphatic heterocycles. The third-order valence-corrected chi connectivity index (χ3v) is 3.36. The zero-order chi connectivity index (χ0) is 13.2. The molecule has 0 amide bonds. The van der Waals surface area contributed by atoms with E-state index in [0.717, 1.165) is 16.9 Å². The highest BCUT2D eigenvalue weighted by Gasteiger charge is 2.42. The van der Waals surface area contributed by atoms with E-state index in [1.807, 2.05) is 44.2 Å². The SMILES string of the molecule is CC(C)=CCC1(C(=O)O)COc2ccccc2C1. The normalized spacial score (nSPS) is 21.7. The van der Waals surface area contributed by atoms with Crippen molar-refractivity contribution in [3.8, 4) is 5.75 Å². The minimum absolute atomic E-state index is 0.239. The van der Waals surface area contributed by atoms with Gasteiger partial charge < -0.3 is 9.84 Å². The molecule has 96 valence electrons. The van der Waals surface area contributed by atoms with E-state index in [9.17, 15) is 9.90 Å². The predicted molar refractivity (Wildman–Crippen MR) is 69.8 cm³/mol. The second-order valence-corrected chi connectivity index (χ2v) is 5.14. The molecule has 3 nitrogen and oxygen atoms in total. The number of allylic oxidation sites excluding steroid dienone is 2. The number of para-hydroxylation sites is 1. The van der Waals surface area contributed by atoms with Gasteiger partial charge in [0.15, 0.2) is 0 Å². The summed E-state index contributed by atoms with van der Waals surface area (Å²) in [6, 6.07) is 7.65. The molecule has 3 heteroatoms. The Morgan fingerprint density at radius 3 is 2.83 bits per heavy atom. The highest BCUT2D eigenvalue weighted by molar-refractivity contribution is 5.76. The lowest BCUT2D eigenvalue weighted by molar-refractivity contribution is -0.151. The first kappa shape index (κ1) is 12.7. The van der Waals surface area contributed by atoms with Gasteiger partial charge in [0.1, 0.15) is 17.8 Å². The maximum atomic E-state index is 11.6. The molecular formula is C15H18O3. The maximum absolute atomic E-state index is 11.6. The van der Waals surface area contributed by atoms with Crippen molar-refractivity contribution in [3.63, 3.8) is 0 Å². The molecule has 1 heterocycles. The molecule has 0 bridgehead atoms. The van der Waals surface area contributed by atoms with Crippen LogP contribution in [0.15, 0.2) is 35.9 Å². The zero-order valence-electron chi connectivity index (χ0n) is 10.8. The molecule has 0 aromatic heterocycles. The fourth-order valence-electron chi connectivity index (χ4n) is 2.18. The highest BCUT2D eigenvalue weighted by Crippen LogP contribution is 2.37. The second-order valence-electron chi connectivity index (χ2n) is 5.14. The van der Waals surface area contributed by atoms with Crippen molar-refractivity contribution in [3.05, 3.63) is 41.5 Å². The minimum Gasteiger partial charge on any atom is -0.492 e. The summed E-state index contributed by atoms with van der Waals surface area (Å²) in [5.41, 5.74) is 1.29.